The Morgan fingerprint density at radius 2 is 2.13 bits per heavy atom. The molecule has 0 amide bonds. The van der Waals surface area contributed by atoms with Crippen molar-refractivity contribution in [2.45, 2.75) is 50.6 Å². The second kappa shape index (κ2) is 7.49. The molecule has 0 radical (unpaired) electrons. The van der Waals surface area contributed by atoms with Gasteiger partial charge in [-0.2, -0.15) is 10.2 Å². The predicted molar refractivity (Wildman–Crippen MR) is 116 cm³/mol. The Morgan fingerprint density at radius 1 is 1.19 bits per heavy atom. The van der Waals surface area contributed by atoms with E-state index < -0.39 is 0 Å². The van der Waals surface area contributed by atoms with Gasteiger partial charge in [0, 0.05) is 24.7 Å². The van der Waals surface area contributed by atoms with Gasteiger partial charge in [-0.15, -0.1) is 0 Å². The number of hydrogen-bond donors (Lipinski definition) is 0. The van der Waals surface area contributed by atoms with Crippen LogP contribution in [0.15, 0.2) is 40.3 Å². The number of aromatic nitrogens is 1. The first-order valence-electron chi connectivity index (χ1n) is 11.6. The summed E-state index contributed by atoms with van der Waals surface area (Å²) in [4.78, 5) is 9.43. The molecule has 6 heteroatoms. The number of rotatable bonds is 2. The Bertz CT molecular complexity index is 1070. The topological polar surface area (TPSA) is 56.3 Å². The van der Waals surface area contributed by atoms with Gasteiger partial charge in [0.1, 0.15) is 11.9 Å². The molecule has 160 valence electrons. The summed E-state index contributed by atoms with van der Waals surface area (Å²) in [5.41, 5.74) is 2.38. The molecule has 4 aliphatic rings. The van der Waals surface area contributed by atoms with Crippen LogP contribution in [0.2, 0.25) is 0 Å². The molecule has 3 fully saturated rings. The molecule has 4 atom stereocenters. The molecular weight excluding hydrogens is 391 g/mol. The zero-order valence-corrected chi connectivity index (χ0v) is 17.6. The molecule has 0 saturated carbocycles. The van der Waals surface area contributed by atoms with Crippen LogP contribution in [-0.4, -0.2) is 41.6 Å². The Morgan fingerprint density at radius 3 is 3.00 bits per heavy atom. The van der Waals surface area contributed by atoms with Crippen molar-refractivity contribution >= 4 is 5.88 Å². The average Bonchev–Trinajstić information content (AvgIpc) is 3.23. The van der Waals surface area contributed by atoms with E-state index in [1.165, 1.54) is 49.9 Å². The van der Waals surface area contributed by atoms with Crippen molar-refractivity contribution in [3.05, 3.63) is 47.4 Å². The van der Waals surface area contributed by atoms with Crippen LogP contribution in [0.1, 0.15) is 44.2 Å². The van der Waals surface area contributed by atoms with E-state index in [0.29, 0.717) is 40.9 Å². The molecule has 6 rings (SSSR count). The van der Waals surface area contributed by atoms with Crippen molar-refractivity contribution < 1.29 is 8.81 Å². The third-order valence-corrected chi connectivity index (χ3v) is 7.70. The van der Waals surface area contributed by atoms with Crippen molar-refractivity contribution in [1.29, 1.82) is 5.26 Å². The highest BCUT2D eigenvalue weighted by Gasteiger charge is 2.47. The Labute approximate surface area is 182 Å². The van der Waals surface area contributed by atoms with Gasteiger partial charge in [-0.25, -0.2) is 4.39 Å². The first-order valence-corrected chi connectivity index (χ1v) is 11.6. The van der Waals surface area contributed by atoms with Crippen LogP contribution in [0.3, 0.4) is 0 Å². The maximum atomic E-state index is 13.7. The fourth-order valence-corrected chi connectivity index (χ4v) is 6.53. The molecule has 2 aromatic rings. The highest BCUT2D eigenvalue weighted by atomic mass is 19.1. The minimum Gasteiger partial charge on any atom is -0.419 e. The van der Waals surface area contributed by atoms with Gasteiger partial charge in [0.15, 0.2) is 0 Å². The maximum absolute atomic E-state index is 13.7. The van der Waals surface area contributed by atoms with Crippen molar-refractivity contribution in [1.82, 2.24) is 9.88 Å². The third kappa shape index (κ3) is 3.18. The van der Waals surface area contributed by atoms with Crippen LogP contribution in [0.25, 0.3) is 11.5 Å². The lowest BCUT2D eigenvalue weighted by Crippen LogP contribution is -2.59. The average molecular weight is 419 g/mol. The molecule has 4 heterocycles. The Balaban J connectivity index is 1.38. The SMILES string of the molecule is N#Cc1nc(-c2cccc(F)c2)oc1N1CCCC2=C[C@@H]3C[C@@H](CN4CCCC[C@H]34)[C@@H]21. The minimum atomic E-state index is -0.337. The lowest BCUT2D eigenvalue weighted by molar-refractivity contribution is 0.0306. The summed E-state index contributed by atoms with van der Waals surface area (Å²) in [6, 6.07) is 9.42. The third-order valence-electron chi connectivity index (χ3n) is 7.70. The zero-order chi connectivity index (χ0) is 20.9. The number of benzene rings is 1. The molecule has 1 aromatic carbocycles. The molecule has 31 heavy (non-hydrogen) atoms. The molecule has 0 N–H and O–H groups in total. The minimum absolute atomic E-state index is 0.272. The summed E-state index contributed by atoms with van der Waals surface area (Å²) in [6.45, 7) is 3.20. The molecule has 0 unspecified atom stereocenters. The number of fused-ring (bicyclic) bond motifs is 6. The predicted octanol–water partition coefficient (Wildman–Crippen LogP) is 4.75. The number of nitriles is 1. The highest BCUT2D eigenvalue weighted by Crippen LogP contribution is 2.46. The standard InChI is InChI=1S/C25H27FN4O/c26-20-7-3-5-17(13-20)24-28-21(14-27)25(31-24)30-10-4-6-16-11-18-12-19(23(16)30)15-29-9-2-1-8-22(18)29/h3,5,7,11,13,18-19,22-23H,1-2,4,6,8-10,12,15H2/t18-,19+,22-,23-/m1/s1. The summed E-state index contributed by atoms with van der Waals surface area (Å²) >= 11 is 0. The normalized spacial score (nSPS) is 30.2. The number of halogens is 1. The Kier molecular flexibility index (Phi) is 4.61. The van der Waals surface area contributed by atoms with Crippen molar-refractivity contribution in [2.24, 2.45) is 11.8 Å². The van der Waals surface area contributed by atoms with Crippen LogP contribution >= 0.6 is 0 Å². The number of anilines is 1. The summed E-state index contributed by atoms with van der Waals surface area (Å²) < 4.78 is 19.9. The van der Waals surface area contributed by atoms with Crippen LogP contribution < -0.4 is 4.90 Å². The van der Waals surface area contributed by atoms with Gasteiger partial charge < -0.3 is 9.32 Å². The largest absolute Gasteiger partial charge is 0.419 e. The molecule has 0 spiro atoms. The fraction of sp³-hybridized carbons (Fsp3) is 0.520. The van der Waals surface area contributed by atoms with Gasteiger partial charge in [-0.05, 0) is 68.7 Å². The molecule has 2 bridgehead atoms. The van der Waals surface area contributed by atoms with E-state index in [0.717, 1.165) is 25.9 Å². The fourth-order valence-electron chi connectivity index (χ4n) is 6.53. The van der Waals surface area contributed by atoms with Gasteiger partial charge >= 0.3 is 0 Å². The highest BCUT2D eigenvalue weighted by molar-refractivity contribution is 5.61. The first-order chi connectivity index (χ1) is 15.2. The van der Waals surface area contributed by atoms with Crippen LogP contribution in [0, 0.1) is 29.0 Å². The van der Waals surface area contributed by atoms with Gasteiger partial charge in [-0.1, -0.05) is 24.1 Å². The molecular formula is C25H27FN4O. The van der Waals surface area contributed by atoms with Gasteiger partial charge in [-0.3, -0.25) is 4.90 Å². The Hall–Kier alpha value is -2.65. The van der Waals surface area contributed by atoms with E-state index in [4.69, 9.17) is 4.42 Å². The van der Waals surface area contributed by atoms with Gasteiger partial charge in [0.25, 0.3) is 0 Å². The van der Waals surface area contributed by atoms with E-state index in [9.17, 15) is 9.65 Å². The summed E-state index contributed by atoms with van der Waals surface area (Å²) in [7, 11) is 0. The summed E-state index contributed by atoms with van der Waals surface area (Å²) in [5.74, 6) is 1.75. The van der Waals surface area contributed by atoms with E-state index in [1.807, 2.05) is 0 Å². The monoisotopic (exact) mass is 418 g/mol. The van der Waals surface area contributed by atoms with Crippen molar-refractivity contribution in [2.75, 3.05) is 24.5 Å². The van der Waals surface area contributed by atoms with E-state index >= 15 is 0 Å². The van der Waals surface area contributed by atoms with Crippen LogP contribution in [-0.2, 0) is 0 Å². The number of oxazole rings is 1. The van der Waals surface area contributed by atoms with E-state index in [2.05, 4.69) is 26.9 Å². The number of nitrogens with zero attached hydrogens (tertiary/aromatic N) is 4. The number of hydrogen-bond acceptors (Lipinski definition) is 5. The summed E-state index contributed by atoms with van der Waals surface area (Å²) in [5, 5.41) is 9.79. The molecule has 5 nitrogen and oxygen atoms in total. The second-order valence-electron chi connectivity index (χ2n) is 9.50. The first kappa shape index (κ1) is 19.1. The zero-order valence-electron chi connectivity index (χ0n) is 17.6. The lowest BCUT2D eigenvalue weighted by Gasteiger charge is -2.54. The maximum Gasteiger partial charge on any atom is 0.235 e. The van der Waals surface area contributed by atoms with Gasteiger partial charge in [0.05, 0.1) is 6.04 Å². The van der Waals surface area contributed by atoms with Gasteiger partial charge in [0.2, 0.25) is 17.5 Å². The molecule has 1 aliphatic carbocycles. The van der Waals surface area contributed by atoms with E-state index in [-0.39, 0.29) is 11.9 Å². The van der Waals surface area contributed by atoms with Crippen LogP contribution in [0.5, 0.6) is 0 Å². The quantitative estimate of drug-likeness (QED) is 0.659. The van der Waals surface area contributed by atoms with Crippen molar-refractivity contribution in [3.63, 3.8) is 0 Å². The molecule has 3 aliphatic heterocycles. The summed E-state index contributed by atoms with van der Waals surface area (Å²) in [6.07, 6.45) is 9.95. The number of piperidine rings is 3. The van der Waals surface area contributed by atoms with Crippen LogP contribution in [0.4, 0.5) is 10.3 Å². The molecule has 1 aromatic heterocycles. The van der Waals surface area contributed by atoms with E-state index in [1.54, 1.807) is 12.1 Å². The smallest absolute Gasteiger partial charge is 0.235 e. The lowest BCUT2D eigenvalue weighted by atomic mass is 9.68. The van der Waals surface area contributed by atoms with Crippen molar-refractivity contribution in [3.8, 4) is 17.5 Å². The molecule has 3 saturated heterocycles. The second-order valence-corrected chi connectivity index (χ2v) is 9.50.